The van der Waals surface area contributed by atoms with Gasteiger partial charge in [-0.05, 0) is 30.9 Å². The first-order valence-electron chi connectivity index (χ1n) is 6.27. The predicted octanol–water partition coefficient (Wildman–Crippen LogP) is 2.90. The Morgan fingerprint density at radius 3 is 2.63 bits per heavy atom. The minimum atomic E-state index is -2.90. The SMILES string of the molecule is Cc1c(C(C)NCCS(C)(=O)=O)sc2ccccc12. The molecule has 3 nitrogen and oxygen atoms in total. The van der Waals surface area contributed by atoms with Crippen LogP contribution in [0.25, 0.3) is 10.1 Å². The van der Waals surface area contributed by atoms with Crippen LogP contribution in [0.15, 0.2) is 24.3 Å². The molecular weight excluding hydrogens is 278 g/mol. The smallest absolute Gasteiger partial charge is 0.148 e. The lowest BCUT2D eigenvalue weighted by Gasteiger charge is -2.12. The Morgan fingerprint density at radius 1 is 1.32 bits per heavy atom. The minimum Gasteiger partial charge on any atom is -0.308 e. The van der Waals surface area contributed by atoms with E-state index in [0.717, 1.165) is 0 Å². The van der Waals surface area contributed by atoms with Gasteiger partial charge in [-0.3, -0.25) is 0 Å². The highest BCUT2D eigenvalue weighted by Crippen LogP contribution is 2.34. The lowest BCUT2D eigenvalue weighted by molar-refractivity contribution is 0.579. The maximum absolute atomic E-state index is 11.1. The molecule has 0 fully saturated rings. The van der Waals surface area contributed by atoms with Crippen molar-refractivity contribution < 1.29 is 8.42 Å². The second kappa shape index (κ2) is 5.61. The van der Waals surface area contributed by atoms with Gasteiger partial charge >= 0.3 is 0 Å². The Bertz CT molecular complexity index is 674. The third-order valence-corrected chi connectivity index (χ3v) is 5.60. The first-order valence-corrected chi connectivity index (χ1v) is 9.15. The van der Waals surface area contributed by atoms with Gasteiger partial charge in [0, 0.05) is 28.4 Å². The Labute approximate surface area is 118 Å². The van der Waals surface area contributed by atoms with Gasteiger partial charge in [0.15, 0.2) is 0 Å². The molecule has 5 heteroatoms. The van der Waals surface area contributed by atoms with Crippen molar-refractivity contribution in [2.75, 3.05) is 18.6 Å². The fourth-order valence-corrected chi connectivity index (χ4v) is 3.89. The molecule has 1 unspecified atom stereocenters. The van der Waals surface area contributed by atoms with Crippen molar-refractivity contribution in [2.45, 2.75) is 19.9 Å². The second-order valence-electron chi connectivity index (χ2n) is 4.89. The van der Waals surface area contributed by atoms with Gasteiger partial charge in [0.1, 0.15) is 9.84 Å². The number of sulfone groups is 1. The molecule has 0 aliphatic rings. The van der Waals surface area contributed by atoms with E-state index >= 15 is 0 Å². The lowest BCUT2D eigenvalue weighted by Crippen LogP contribution is -2.25. The summed E-state index contributed by atoms with van der Waals surface area (Å²) in [5.41, 5.74) is 1.29. The first kappa shape index (κ1) is 14.5. The molecule has 104 valence electrons. The van der Waals surface area contributed by atoms with Crippen molar-refractivity contribution in [1.29, 1.82) is 0 Å². The second-order valence-corrected chi connectivity index (χ2v) is 8.24. The van der Waals surface area contributed by atoms with Crippen LogP contribution >= 0.6 is 11.3 Å². The normalized spacial score (nSPS) is 13.8. The maximum Gasteiger partial charge on any atom is 0.148 e. The van der Waals surface area contributed by atoms with Gasteiger partial charge in [0.05, 0.1) is 5.75 Å². The molecule has 0 radical (unpaired) electrons. The van der Waals surface area contributed by atoms with Crippen molar-refractivity contribution in [1.82, 2.24) is 5.32 Å². The van der Waals surface area contributed by atoms with Crippen molar-refractivity contribution in [3.63, 3.8) is 0 Å². The molecule has 0 saturated carbocycles. The van der Waals surface area contributed by atoms with E-state index in [4.69, 9.17) is 0 Å². The third-order valence-electron chi connectivity index (χ3n) is 3.20. The standard InChI is InChI=1S/C14H19NO2S2/c1-10-12-6-4-5-7-13(12)18-14(10)11(2)15-8-9-19(3,16)17/h4-7,11,15H,8-9H2,1-3H3. The van der Waals surface area contributed by atoms with Crippen LogP contribution in [-0.2, 0) is 9.84 Å². The summed E-state index contributed by atoms with van der Waals surface area (Å²) in [4.78, 5) is 1.29. The van der Waals surface area contributed by atoms with Crippen LogP contribution in [0.5, 0.6) is 0 Å². The highest BCUT2D eigenvalue weighted by Gasteiger charge is 2.14. The largest absolute Gasteiger partial charge is 0.308 e. The molecule has 1 N–H and O–H groups in total. The van der Waals surface area contributed by atoms with Gasteiger partial charge in [0.25, 0.3) is 0 Å². The maximum atomic E-state index is 11.1. The summed E-state index contributed by atoms with van der Waals surface area (Å²) in [7, 11) is -2.90. The Kier molecular flexibility index (Phi) is 4.28. The summed E-state index contributed by atoms with van der Waals surface area (Å²) in [6.45, 7) is 4.70. The van der Waals surface area contributed by atoms with Crippen LogP contribution in [0, 0.1) is 6.92 Å². The Balaban J connectivity index is 2.13. The molecule has 1 aromatic carbocycles. The molecule has 1 atom stereocenters. The zero-order valence-corrected chi connectivity index (χ0v) is 13.1. The Morgan fingerprint density at radius 2 is 2.00 bits per heavy atom. The molecule has 0 saturated heterocycles. The van der Waals surface area contributed by atoms with Crippen molar-refractivity contribution >= 4 is 31.3 Å². The molecular formula is C14H19NO2S2. The monoisotopic (exact) mass is 297 g/mol. The van der Waals surface area contributed by atoms with Crippen molar-refractivity contribution in [3.05, 3.63) is 34.7 Å². The van der Waals surface area contributed by atoms with E-state index in [1.54, 1.807) is 11.3 Å². The first-order chi connectivity index (χ1) is 8.88. The molecule has 2 aromatic rings. The minimum absolute atomic E-state index is 0.180. The number of rotatable bonds is 5. The highest BCUT2D eigenvalue weighted by molar-refractivity contribution is 7.90. The summed E-state index contributed by atoms with van der Waals surface area (Å²) in [6.07, 6.45) is 1.27. The van der Waals surface area contributed by atoms with E-state index in [1.807, 2.05) is 12.1 Å². The predicted molar refractivity (Wildman–Crippen MR) is 82.7 cm³/mol. The van der Waals surface area contributed by atoms with Crippen LogP contribution in [0.1, 0.15) is 23.4 Å². The molecule has 0 spiro atoms. The molecule has 0 bridgehead atoms. The highest BCUT2D eigenvalue weighted by atomic mass is 32.2. The number of nitrogens with one attached hydrogen (secondary N) is 1. The number of fused-ring (bicyclic) bond motifs is 1. The summed E-state index contributed by atoms with van der Waals surface area (Å²) < 4.78 is 23.5. The number of aryl methyl sites for hydroxylation is 1. The lowest BCUT2D eigenvalue weighted by atomic mass is 10.1. The molecule has 2 rings (SSSR count). The van der Waals surface area contributed by atoms with E-state index < -0.39 is 9.84 Å². The summed E-state index contributed by atoms with van der Waals surface area (Å²) in [5.74, 6) is 0.182. The zero-order chi connectivity index (χ0) is 14.0. The number of thiophene rings is 1. The fourth-order valence-electron chi connectivity index (χ4n) is 2.16. The van der Waals surface area contributed by atoms with Gasteiger partial charge in [0.2, 0.25) is 0 Å². The van der Waals surface area contributed by atoms with Crippen LogP contribution in [0.4, 0.5) is 0 Å². The zero-order valence-electron chi connectivity index (χ0n) is 11.4. The summed E-state index contributed by atoms with van der Waals surface area (Å²) in [6, 6.07) is 8.53. The van der Waals surface area contributed by atoms with E-state index in [-0.39, 0.29) is 11.8 Å². The average molecular weight is 297 g/mol. The number of benzene rings is 1. The van der Waals surface area contributed by atoms with Gasteiger partial charge in [-0.2, -0.15) is 0 Å². The topological polar surface area (TPSA) is 46.2 Å². The van der Waals surface area contributed by atoms with Crippen molar-refractivity contribution in [3.8, 4) is 0 Å². The van der Waals surface area contributed by atoms with Crippen LogP contribution in [0.2, 0.25) is 0 Å². The van der Waals surface area contributed by atoms with Crippen LogP contribution < -0.4 is 5.32 Å². The summed E-state index contributed by atoms with van der Waals surface area (Å²) >= 11 is 1.78. The molecule has 0 aliphatic carbocycles. The van der Waals surface area contributed by atoms with E-state index in [0.29, 0.717) is 6.54 Å². The molecule has 0 aliphatic heterocycles. The van der Waals surface area contributed by atoms with Gasteiger partial charge in [-0.1, -0.05) is 18.2 Å². The fraction of sp³-hybridized carbons (Fsp3) is 0.429. The molecule has 19 heavy (non-hydrogen) atoms. The number of hydrogen-bond acceptors (Lipinski definition) is 4. The average Bonchev–Trinajstić information content (AvgIpc) is 2.66. The van der Waals surface area contributed by atoms with Crippen LogP contribution in [0.3, 0.4) is 0 Å². The summed E-state index contributed by atoms with van der Waals surface area (Å²) in [5, 5.41) is 4.58. The van der Waals surface area contributed by atoms with E-state index in [2.05, 4.69) is 31.3 Å². The molecule has 0 amide bonds. The van der Waals surface area contributed by atoms with E-state index in [9.17, 15) is 8.42 Å². The van der Waals surface area contributed by atoms with Gasteiger partial charge < -0.3 is 5.32 Å². The van der Waals surface area contributed by atoms with E-state index in [1.165, 1.54) is 26.8 Å². The molecule has 1 heterocycles. The number of hydrogen-bond donors (Lipinski definition) is 1. The quantitative estimate of drug-likeness (QED) is 0.923. The molecule has 1 aromatic heterocycles. The Hall–Kier alpha value is -0.910. The van der Waals surface area contributed by atoms with Crippen LogP contribution in [-0.4, -0.2) is 27.0 Å². The van der Waals surface area contributed by atoms with Crippen molar-refractivity contribution in [2.24, 2.45) is 0 Å². The van der Waals surface area contributed by atoms with Gasteiger partial charge in [-0.15, -0.1) is 11.3 Å². The van der Waals surface area contributed by atoms with Gasteiger partial charge in [-0.25, -0.2) is 8.42 Å². The third kappa shape index (κ3) is 3.55.